The highest BCUT2D eigenvalue weighted by Gasteiger charge is 2.12. The molecule has 0 amide bonds. The second kappa shape index (κ2) is 7.82. The molecule has 0 atom stereocenters. The first-order chi connectivity index (χ1) is 8.17. The van der Waals surface area contributed by atoms with Crippen molar-refractivity contribution in [3.63, 3.8) is 0 Å². The molecule has 0 bridgehead atoms. The Morgan fingerprint density at radius 3 is 2.76 bits per heavy atom. The third-order valence-electron chi connectivity index (χ3n) is 2.42. The number of carbonyl (C=O) groups is 1. The van der Waals surface area contributed by atoms with Crippen molar-refractivity contribution >= 4 is 28.7 Å². The summed E-state index contributed by atoms with van der Waals surface area (Å²) in [6.07, 6.45) is 0. The lowest BCUT2D eigenvalue weighted by Crippen LogP contribution is -2.32. The molecule has 0 spiro atoms. The Kier molecular flexibility index (Phi) is 6.73. The molecule has 0 aliphatic carbocycles. The van der Waals surface area contributed by atoms with E-state index in [1.807, 2.05) is 13.8 Å². The van der Waals surface area contributed by atoms with Crippen LogP contribution in [-0.4, -0.2) is 43.5 Å². The first-order valence-electron chi connectivity index (χ1n) is 5.76. The van der Waals surface area contributed by atoms with E-state index in [1.165, 1.54) is 11.3 Å². The zero-order valence-electron chi connectivity index (χ0n) is 10.2. The second-order valence-electron chi connectivity index (χ2n) is 3.59. The molecule has 0 saturated carbocycles. The molecule has 0 fully saturated rings. The normalized spacial score (nSPS) is 11.1. The monoisotopic (exact) mass is 275 g/mol. The van der Waals surface area contributed by atoms with Crippen LogP contribution >= 0.6 is 22.9 Å². The molecule has 1 rings (SSSR count). The maximum absolute atomic E-state index is 11.9. The number of carbonyl (C=O) groups excluding carboxylic acids is 1. The zero-order valence-corrected chi connectivity index (χ0v) is 11.8. The maximum Gasteiger partial charge on any atom is 0.186 e. The summed E-state index contributed by atoms with van der Waals surface area (Å²) in [4.78, 5) is 14.7. The van der Waals surface area contributed by atoms with E-state index < -0.39 is 0 Å². The molecule has 1 aromatic heterocycles. The fourth-order valence-electron chi connectivity index (χ4n) is 1.43. The van der Waals surface area contributed by atoms with Crippen LogP contribution in [0.3, 0.4) is 0 Å². The molecule has 5 heteroatoms. The predicted molar refractivity (Wildman–Crippen MR) is 72.3 cm³/mol. The number of hydrogen-bond donors (Lipinski definition) is 0. The lowest BCUT2D eigenvalue weighted by atomic mass is 10.3. The molecular weight excluding hydrogens is 258 g/mol. The summed E-state index contributed by atoms with van der Waals surface area (Å²) < 4.78 is 5.94. The Labute approximate surface area is 111 Å². The van der Waals surface area contributed by atoms with Crippen molar-refractivity contribution in [1.82, 2.24) is 4.90 Å². The van der Waals surface area contributed by atoms with Gasteiger partial charge in [0.25, 0.3) is 0 Å². The minimum Gasteiger partial charge on any atom is -0.380 e. The summed E-state index contributed by atoms with van der Waals surface area (Å²) in [5.41, 5.74) is 0. The van der Waals surface area contributed by atoms with Crippen LogP contribution in [0.4, 0.5) is 0 Å². The van der Waals surface area contributed by atoms with Gasteiger partial charge < -0.3 is 4.74 Å². The number of likely N-dealkylation sites (N-methyl/N-ethyl adjacent to an activating group) is 1. The van der Waals surface area contributed by atoms with Gasteiger partial charge in [0.05, 0.1) is 22.4 Å². The van der Waals surface area contributed by atoms with E-state index in [0.29, 0.717) is 24.1 Å². The Morgan fingerprint density at radius 1 is 1.47 bits per heavy atom. The van der Waals surface area contributed by atoms with Crippen molar-refractivity contribution in [2.24, 2.45) is 0 Å². The Bertz CT molecular complexity index is 354. The Morgan fingerprint density at radius 2 is 2.24 bits per heavy atom. The second-order valence-corrected chi connectivity index (χ2v) is 5.31. The molecule has 96 valence electrons. The minimum absolute atomic E-state index is 0.125. The van der Waals surface area contributed by atoms with Crippen LogP contribution in [0.5, 0.6) is 0 Å². The number of rotatable bonds is 8. The highest BCUT2D eigenvalue weighted by atomic mass is 35.5. The van der Waals surface area contributed by atoms with E-state index in [1.54, 1.807) is 12.1 Å². The van der Waals surface area contributed by atoms with Crippen LogP contribution in [0.1, 0.15) is 23.5 Å². The van der Waals surface area contributed by atoms with Gasteiger partial charge in [-0.25, -0.2) is 0 Å². The van der Waals surface area contributed by atoms with E-state index in [2.05, 4.69) is 4.90 Å². The Hall–Kier alpha value is -0.420. The average molecular weight is 276 g/mol. The van der Waals surface area contributed by atoms with Gasteiger partial charge in [-0.2, -0.15) is 0 Å². The molecule has 1 aromatic rings. The van der Waals surface area contributed by atoms with Crippen LogP contribution in [0.25, 0.3) is 0 Å². The average Bonchev–Trinajstić information content (AvgIpc) is 2.74. The first-order valence-corrected chi connectivity index (χ1v) is 6.95. The van der Waals surface area contributed by atoms with Gasteiger partial charge in [-0.05, 0) is 25.6 Å². The molecule has 0 aromatic carbocycles. The molecule has 0 aliphatic rings. The standard InChI is InChI=1S/C12H18ClNO2S/c1-3-14(7-8-16-4-2)9-10(15)11-5-6-12(13)17-11/h5-6H,3-4,7-9H2,1-2H3. The van der Waals surface area contributed by atoms with Crippen molar-refractivity contribution in [2.45, 2.75) is 13.8 Å². The lowest BCUT2D eigenvalue weighted by Gasteiger charge is -2.18. The SMILES string of the molecule is CCOCCN(CC)CC(=O)c1ccc(Cl)s1. The van der Waals surface area contributed by atoms with Gasteiger partial charge >= 0.3 is 0 Å². The number of ether oxygens (including phenoxy) is 1. The van der Waals surface area contributed by atoms with Crippen molar-refractivity contribution in [1.29, 1.82) is 0 Å². The van der Waals surface area contributed by atoms with E-state index in [-0.39, 0.29) is 5.78 Å². The lowest BCUT2D eigenvalue weighted by molar-refractivity contribution is 0.0871. The molecule has 0 radical (unpaired) electrons. The van der Waals surface area contributed by atoms with Gasteiger partial charge in [-0.15, -0.1) is 11.3 Å². The number of nitrogens with zero attached hydrogens (tertiary/aromatic N) is 1. The van der Waals surface area contributed by atoms with Gasteiger partial charge in [0.2, 0.25) is 0 Å². The fraction of sp³-hybridized carbons (Fsp3) is 0.583. The van der Waals surface area contributed by atoms with Crippen molar-refractivity contribution in [3.05, 3.63) is 21.3 Å². The number of halogens is 1. The van der Waals surface area contributed by atoms with Crippen LogP contribution in [0.2, 0.25) is 4.34 Å². The van der Waals surface area contributed by atoms with Gasteiger partial charge in [0.1, 0.15) is 0 Å². The zero-order chi connectivity index (χ0) is 12.7. The highest BCUT2D eigenvalue weighted by Crippen LogP contribution is 2.21. The van der Waals surface area contributed by atoms with Gasteiger partial charge in [0, 0.05) is 13.2 Å². The highest BCUT2D eigenvalue weighted by molar-refractivity contribution is 7.18. The molecule has 17 heavy (non-hydrogen) atoms. The van der Waals surface area contributed by atoms with E-state index in [0.717, 1.165) is 18.0 Å². The van der Waals surface area contributed by atoms with Gasteiger partial charge in [-0.1, -0.05) is 18.5 Å². The number of hydrogen-bond acceptors (Lipinski definition) is 4. The van der Waals surface area contributed by atoms with Gasteiger partial charge in [0.15, 0.2) is 5.78 Å². The van der Waals surface area contributed by atoms with Crippen molar-refractivity contribution in [3.8, 4) is 0 Å². The number of Topliss-reactive ketones (excluding diaryl/α,β-unsaturated/α-hetero) is 1. The van der Waals surface area contributed by atoms with Crippen LogP contribution in [0, 0.1) is 0 Å². The smallest absolute Gasteiger partial charge is 0.186 e. The summed E-state index contributed by atoms with van der Waals surface area (Å²) in [6.45, 7) is 7.46. The van der Waals surface area contributed by atoms with E-state index in [4.69, 9.17) is 16.3 Å². The molecule has 0 saturated heterocycles. The fourth-order valence-corrected chi connectivity index (χ4v) is 2.41. The molecule has 1 heterocycles. The van der Waals surface area contributed by atoms with Crippen LogP contribution in [0.15, 0.2) is 12.1 Å². The summed E-state index contributed by atoms with van der Waals surface area (Å²) in [5, 5.41) is 0. The summed E-state index contributed by atoms with van der Waals surface area (Å²) in [5.74, 6) is 0.125. The molecule has 0 unspecified atom stereocenters. The number of thiophene rings is 1. The van der Waals surface area contributed by atoms with Crippen LogP contribution in [-0.2, 0) is 4.74 Å². The largest absolute Gasteiger partial charge is 0.380 e. The third-order valence-corrected chi connectivity index (χ3v) is 3.69. The molecular formula is C12H18ClNO2S. The maximum atomic E-state index is 11.9. The first kappa shape index (κ1) is 14.6. The summed E-state index contributed by atoms with van der Waals surface area (Å²) >= 11 is 7.14. The third kappa shape index (κ3) is 5.17. The quantitative estimate of drug-likeness (QED) is 0.540. The summed E-state index contributed by atoms with van der Waals surface area (Å²) in [6, 6.07) is 3.54. The van der Waals surface area contributed by atoms with Crippen molar-refractivity contribution < 1.29 is 9.53 Å². The van der Waals surface area contributed by atoms with E-state index in [9.17, 15) is 4.79 Å². The molecule has 3 nitrogen and oxygen atoms in total. The Balaban J connectivity index is 2.42. The van der Waals surface area contributed by atoms with Gasteiger partial charge in [-0.3, -0.25) is 9.69 Å². The summed E-state index contributed by atoms with van der Waals surface area (Å²) in [7, 11) is 0. The van der Waals surface area contributed by atoms with Crippen molar-refractivity contribution in [2.75, 3.05) is 32.8 Å². The minimum atomic E-state index is 0.125. The number of ketones is 1. The van der Waals surface area contributed by atoms with E-state index >= 15 is 0 Å². The predicted octanol–water partition coefficient (Wildman–Crippen LogP) is 2.94. The topological polar surface area (TPSA) is 29.5 Å². The molecule has 0 N–H and O–H groups in total. The van der Waals surface area contributed by atoms with Crippen LogP contribution < -0.4 is 0 Å². The molecule has 0 aliphatic heterocycles.